The van der Waals surface area contributed by atoms with Crippen LogP contribution in [-0.2, 0) is 0 Å². The van der Waals surface area contributed by atoms with Gasteiger partial charge in [0.05, 0.1) is 6.20 Å². The van der Waals surface area contributed by atoms with Gasteiger partial charge in [0.2, 0.25) is 0 Å². The largest absolute Gasteiger partial charge is 0.268 e. The molecule has 2 rings (SSSR count). The molecule has 0 atom stereocenters. The molecule has 1 saturated carbocycles. The lowest BCUT2D eigenvalue weighted by Gasteiger charge is -2.20. The van der Waals surface area contributed by atoms with Crippen LogP contribution in [0.4, 0.5) is 0 Å². The van der Waals surface area contributed by atoms with Crippen LogP contribution in [0.2, 0.25) is 0 Å². The zero-order chi connectivity index (χ0) is 9.10. The highest BCUT2D eigenvalue weighted by atomic mass is 16.1. The summed E-state index contributed by atoms with van der Waals surface area (Å²) in [6.45, 7) is 0. The van der Waals surface area contributed by atoms with E-state index in [-0.39, 0.29) is 5.56 Å². The first-order valence-corrected chi connectivity index (χ1v) is 4.91. The number of nitrogens with zero attached hydrogens (tertiary/aromatic N) is 1. The average Bonchev–Trinajstić information content (AvgIpc) is 2.19. The fourth-order valence-corrected chi connectivity index (χ4v) is 2.05. The summed E-state index contributed by atoms with van der Waals surface area (Å²) in [5.41, 5.74) is 1.03. The normalized spacial score (nSPS) is 18.8. The van der Waals surface area contributed by atoms with Crippen molar-refractivity contribution in [3.63, 3.8) is 0 Å². The minimum absolute atomic E-state index is 0.0805. The second-order valence-corrected chi connectivity index (χ2v) is 3.71. The quantitative estimate of drug-likeness (QED) is 0.713. The van der Waals surface area contributed by atoms with Crippen LogP contribution < -0.4 is 5.56 Å². The average molecular weight is 178 g/mol. The predicted octanol–water partition coefficient (Wildman–Crippen LogP) is 1.82. The number of hydrogen-bond donors (Lipinski definition) is 1. The van der Waals surface area contributed by atoms with Crippen LogP contribution in [0.3, 0.4) is 0 Å². The Labute approximate surface area is 77.2 Å². The Morgan fingerprint density at radius 2 is 2.08 bits per heavy atom. The number of aromatic nitrogens is 2. The van der Waals surface area contributed by atoms with Gasteiger partial charge in [-0.1, -0.05) is 19.3 Å². The van der Waals surface area contributed by atoms with Crippen molar-refractivity contribution < 1.29 is 0 Å². The third-order valence-corrected chi connectivity index (χ3v) is 2.76. The van der Waals surface area contributed by atoms with E-state index in [9.17, 15) is 4.79 Å². The predicted molar refractivity (Wildman–Crippen MR) is 50.7 cm³/mol. The highest BCUT2D eigenvalue weighted by Crippen LogP contribution is 2.31. The third kappa shape index (κ3) is 1.97. The van der Waals surface area contributed by atoms with Crippen LogP contribution >= 0.6 is 0 Å². The summed E-state index contributed by atoms with van der Waals surface area (Å²) in [7, 11) is 0. The van der Waals surface area contributed by atoms with Gasteiger partial charge in [0, 0.05) is 6.07 Å². The van der Waals surface area contributed by atoms with Crippen LogP contribution in [0, 0.1) is 0 Å². The smallest absolute Gasteiger partial charge is 0.264 e. The van der Waals surface area contributed by atoms with Crippen molar-refractivity contribution in [3.05, 3.63) is 28.2 Å². The van der Waals surface area contributed by atoms with Gasteiger partial charge in [0.15, 0.2) is 0 Å². The van der Waals surface area contributed by atoms with Crippen LogP contribution in [0.1, 0.15) is 43.6 Å². The second-order valence-electron chi connectivity index (χ2n) is 3.71. The van der Waals surface area contributed by atoms with Crippen molar-refractivity contribution in [2.75, 3.05) is 0 Å². The maximum absolute atomic E-state index is 11.0. The van der Waals surface area contributed by atoms with E-state index in [4.69, 9.17) is 0 Å². The molecule has 3 heteroatoms. The standard InChI is InChI=1S/C10H14N2O/c13-10-6-9(7-11-12-10)8-4-2-1-3-5-8/h6-8H,1-5H2,(H,12,13). The first kappa shape index (κ1) is 8.48. The molecule has 0 bridgehead atoms. The van der Waals surface area contributed by atoms with Crippen molar-refractivity contribution in [2.24, 2.45) is 0 Å². The van der Waals surface area contributed by atoms with E-state index in [1.54, 1.807) is 12.3 Å². The van der Waals surface area contributed by atoms with Gasteiger partial charge in [-0.3, -0.25) is 4.79 Å². The molecule has 0 amide bonds. The van der Waals surface area contributed by atoms with Gasteiger partial charge in [0.1, 0.15) is 0 Å². The van der Waals surface area contributed by atoms with Crippen LogP contribution in [0.25, 0.3) is 0 Å². The number of nitrogens with one attached hydrogen (secondary N) is 1. The molecule has 1 aliphatic rings. The number of H-pyrrole nitrogens is 1. The molecule has 1 heterocycles. The molecular weight excluding hydrogens is 164 g/mol. The Kier molecular flexibility index (Phi) is 2.43. The Balaban J connectivity index is 2.19. The Hall–Kier alpha value is -1.12. The van der Waals surface area contributed by atoms with E-state index in [1.807, 2.05) is 0 Å². The van der Waals surface area contributed by atoms with Crippen molar-refractivity contribution in [2.45, 2.75) is 38.0 Å². The number of hydrogen-bond acceptors (Lipinski definition) is 2. The number of aromatic amines is 1. The highest BCUT2D eigenvalue weighted by Gasteiger charge is 2.15. The molecule has 1 N–H and O–H groups in total. The molecule has 1 aliphatic carbocycles. The van der Waals surface area contributed by atoms with E-state index in [2.05, 4.69) is 10.2 Å². The topological polar surface area (TPSA) is 45.8 Å². The summed E-state index contributed by atoms with van der Waals surface area (Å²) in [4.78, 5) is 11.0. The fraction of sp³-hybridized carbons (Fsp3) is 0.600. The van der Waals surface area contributed by atoms with Crippen LogP contribution in [-0.4, -0.2) is 10.2 Å². The van der Waals surface area contributed by atoms with Gasteiger partial charge in [-0.25, -0.2) is 5.10 Å². The van der Waals surface area contributed by atoms with Gasteiger partial charge in [0.25, 0.3) is 5.56 Å². The molecule has 3 nitrogen and oxygen atoms in total. The van der Waals surface area contributed by atoms with E-state index < -0.39 is 0 Å². The SMILES string of the molecule is O=c1cc(C2CCCCC2)cn[nH]1. The molecule has 70 valence electrons. The molecular formula is C10H14N2O. The maximum Gasteiger partial charge on any atom is 0.264 e. The molecule has 0 unspecified atom stereocenters. The summed E-state index contributed by atoms with van der Waals surface area (Å²) in [5.74, 6) is 0.573. The monoisotopic (exact) mass is 178 g/mol. The van der Waals surface area contributed by atoms with Gasteiger partial charge < -0.3 is 0 Å². The van der Waals surface area contributed by atoms with Crippen LogP contribution in [0.15, 0.2) is 17.1 Å². The van der Waals surface area contributed by atoms with Gasteiger partial charge in [-0.2, -0.15) is 5.10 Å². The zero-order valence-electron chi connectivity index (χ0n) is 7.62. The van der Waals surface area contributed by atoms with Crippen molar-refractivity contribution in [3.8, 4) is 0 Å². The first-order valence-electron chi connectivity index (χ1n) is 4.91. The lowest BCUT2D eigenvalue weighted by molar-refractivity contribution is 0.442. The lowest BCUT2D eigenvalue weighted by atomic mass is 9.85. The van der Waals surface area contributed by atoms with Crippen molar-refractivity contribution in [1.82, 2.24) is 10.2 Å². The van der Waals surface area contributed by atoms with Gasteiger partial charge >= 0.3 is 0 Å². The maximum atomic E-state index is 11.0. The van der Waals surface area contributed by atoms with E-state index in [0.29, 0.717) is 5.92 Å². The molecule has 1 aromatic heterocycles. The molecule has 0 radical (unpaired) electrons. The molecule has 13 heavy (non-hydrogen) atoms. The van der Waals surface area contributed by atoms with Gasteiger partial charge in [-0.15, -0.1) is 0 Å². The summed E-state index contributed by atoms with van der Waals surface area (Å²) >= 11 is 0. The van der Waals surface area contributed by atoms with Crippen LogP contribution in [0.5, 0.6) is 0 Å². The van der Waals surface area contributed by atoms with Crippen molar-refractivity contribution in [1.29, 1.82) is 0 Å². The minimum atomic E-state index is -0.0805. The molecule has 1 fully saturated rings. The molecule has 0 aromatic carbocycles. The summed E-state index contributed by atoms with van der Waals surface area (Å²) in [6, 6.07) is 1.68. The summed E-state index contributed by atoms with van der Waals surface area (Å²) in [5, 5.41) is 6.23. The van der Waals surface area contributed by atoms with Crippen molar-refractivity contribution >= 4 is 0 Å². The zero-order valence-corrected chi connectivity index (χ0v) is 7.62. The molecule has 0 spiro atoms. The Bertz CT molecular complexity index is 326. The summed E-state index contributed by atoms with van der Waals surface area (Å²) in [6.07, 6.45) is 8.13. The summed E-state index contributed by atoms with van der Waals surface area (Å²) < 4.78 is 0. The second kappa shape index (κ2) is 3.73. The highest BCUT2D eigenvalue weighted by molar-refractivity contribution is 5.12. The Morgan fingerprint density at radius 3 is 2.77 bits per heavy atom. The van der Waals surface area contributed by atoms with Gasteiger partial charge in [-0.05, 0) is 24.3 Å². The van der Waals surface area contributed by atoms with E-state index in [0.717, 1.165) is 5.56 Å². The van der Waals surface area contributed by atoms with E-state index >= 15 is 0 Å². The fourth-order valence-electron chi connectivity index (χ4n) is 2.05. The molecule has 0 aliphatic heterocycles. The molecule has 0 saturated heterocycles. The van der Waals surface area contributed by atoms with E-state index in [1.165, 1.54) is 32.1 Å². The first-order chi connectivity index (χ1) is 6.36. The molecule has 1 aromatic rings. The lowest BCUT2D eigenvalue weighted by Crippen LogP contribution is -2.12. The minimum Gasteiger partial charge on any atom is -0.268 e. The Morgan fingerprint density at radius 1 is 1.31 bits per heavy atom. The number of rotatable bonds is 1. The third-order valence-electron chi connectivity index (χ3n) is 2.76.